The van der Waals surface area contributed by atoms with Crippen molar-refractivity contribution in [3.8, 4) is 0 Å². The third-order valence-corrected chi connectivity index (χ3v) is 6.71. The zero-order valence-electron chi connectivity index (χ0n) is 18.2. The monoisotopic (exact) mass is 432 g/mol. The van der Waals surface area contributed by atoms with Crippen molar-refractivity contribution in [3.05, 3.63) is 6.07 Å². The summed E-state index contributed by atoms with van der Waals surface area (Å²) in [5, 5.41) is 7.09. The highest BCUT2D eigenvalue weighted by atomic mass is 32.1. The van der Waals surface area contributed by atoms with E-state index < -0.39 is 0 Å². The van der Waals surface area contributed by atoms with Crippen molar-refractivity contribution in [2.75, 3.05) is 47.9 Å². The van der Waals surface area contributed by atoms with Gasteiger partial charge in [0.1, 0.15) is 11.6 Å². The predicted molar refractivity (Wildman–Crippen MR) is 127 cm³/mol. The Hall–Kier alpha value is -1.67. The Kier molecular flexibility index (Phi) is 7.60. The lowest BCUT2D eigenvalue weighted by molar-refractivity contribution is 0.114. The van der Waals surface area contributed by atoms with Crippen molar-refractivity contribution in [3.63, 3.8) is 0 Å². The number of nitrogens with zero attached hydrogens (tertiary/aromatic N) is 4. The summed E-state index contributed by atoms with van der Waals surface area (Å²) in [6, 6.07) is 2.68. The van der Waals surface area contributed by atoms with Crippen molar-refractivity contribution in [2.24, 2.45) is 0 Å². The topological polar surface area (TPSA) is 65.5 Å². The number of aromatic nitrogens is 2. The fourth-order valence-corrected chi connectivity index (χ4v) is 4.86. The van der Waals surface area contributed by atoms with E-state index in [9.17, 15) is 0 Å². The molecule has 0 amide bonds. The first-order valence-electron chi connectivity index (χ1n) is 11.8. The van der Waals surface area contributed by atoms with Crippen LogP contribution in [-0.4, -0.2) is 60.0 Å². The van der Waals surface area contributed by atoms with E-state index in [2.05, 4.69) is 33.4 Å². The number of hydrogen-bond donors (Lipinski definition) is 2. The van der Waals surface area contributed by atoms with Crippen molar-refractivity contribution in [1.82, 2.24) is 15.3 Å². The van der Waals surface area contributed by atoms with Crippen LogP contribution in [0.3, 0.4) is 0 Å². The van der Waals surface area contributed by atoms with Gasteiger partial charge in [-0.05, 0) is 64.1 Å². The number of anilines is 3. The molecule has 3 aliphatic heterocycles. The molecule has 8 heteroatoms. The molecule has 3 saturated heterocycles. The summed E-state index contributed by atoms with van der Waals surface area (Å²) in [7, 11) is 0. The largest absolute Gasteiger partial charge is 0.376 e. The Morgan fingerprint density at radius 2 is 1.80 bits per heavy atom. The smallest absolute Gasteiger partial charge is 0.232 e. The van der Waals surface area contributed by atoms with E-state index in [0.29, 0.717) is 17.1 Å². The Morgan fingerprint density at radius 3 is 2.53 bits per heavy atom. The Morgan fingerprint density at radius 1 is 1.03 bits per heavy atom. The van der Waals surface area contributed by atoms with Crippen LogP contribution in [0.4, 0.5) is 17.6 Å². The summed E-state index contributed by atoms with van der Waals surface area (Å²) in [5.74, 6) is 2.62. The van der Waals surface area contributed by atoms with Crippen LogP contribution >= 0.6 is 12.2 Å². The average molecular weight is 433 g/mol. The lowest BCUT2D eigenvalue weighted by Gasteiger charge is -2.35. The average Bonchev–Trinajstić information content (AvgIpc) is 3.12. The van der Waals surface area contributed by atoms with Crippen LogP contribution in [0, 0.1) is 0 Å². The molecule has 0 aromatic carbocycles. The van der Waals surface area contributed by atoms with E-state index in [0.717, 1.165) is 57.3 Å². The van der Waals surface area contributed by atoms with Gasteiger partial charge in [-0.1, -0.05) is 12.8 Å². The molecule has 166 valence electrons. The zero-order chi connectivity index (χ0) is 20.8. The Balaban J connectivity index is 1.50. The zero-order valence-corrected chi connectivity index (χ0v) is 19.1. The van der Waals surface area contributed by atoms with E-state index in [1.165, 1.54) is 44.9 Å². The van der Waals surface area contributed by atoms with Gasteiger partial charge in [-0.15, -0.1) is 0 Å². The fraction of sp³-hybridized carbons (Fsp3) is 0.773. The Bertz CT molecular complexity index is 703. The predicted octanol–water partition coefficient (Wildman–Crippen LogP) is 3.70. The standard InChI is InChI=1S/C22H36N6OS/c1-17-9-4-7-13-28(17)20-15-19(27-11-5-2-3-6-12-27)24-21(25-20)26-22(30)23-16-18-10-8-14-29-18/h15,17-18H,2-14,16H2,1H3,(H2,23,24,25,26,30)/t17-,18+/m0/s1. The van der Waals surface area contributed by atoms with Gasteiger partial charge in [-0.2, -0.15) is 9.97 Å². The molecule has 4 heterocycles. The lowest BCUT2D eigenvalue weighted by atomic mass is 10.0. The van der Waals surface area contributed by atoms with Crippen LogP contribution in [0.2, 0.25) is 0 Å². The third-order valence-electron chi connectivity index (χ3n) is 6.47. The molecule has 30 heavy (non-hydrogen) atoms. The number of thiocarbonyl (C=S) groups is 1. The summed E-state index contributed by atoms with van der Waals surface area (Å²) in [4.78, 5) is 14.6. The number of ether oxygens (including phenoxy) is 1. The van der Waals surface area contributed by atoms with Gasteiger partial charge >= 0.3 is 0 Å². The molecule has 1 aromatic heterocycles. The van der Waals surface area contributed by atoms with Gasteiger partial charge in [0.15, 0.2) is 5.11 Å². The van der Waals surface area contributed by atoms with Gasteiger partial charge in [0.2, 0.25) is 5.95 Å². The molecule has 0 radical (unpaired) electrons. The summed E-state index contributed by atoms with van der Waals surface area (Å²) in [6.45, 7) is 7.06. The molecule has 7 nitrogen and oxygen atoms in total. The molecule has 3 fully saturated rings. The summed E-state index contributed by atoms with van der Waals surface area (Å²) >= 11 is 5.53. The van der Waals surface area contributed by atoms with Gasteiger partial charge in [0.05, 0.1) is 6.10 Å². The lowest BCUT2D eigenvalue weighted by Crippen LogP contribution is -2.39. The van der Waals surface area contributed by atoms with Crippen LogP contribution in [0.5, 0.6) is 0 Å². The quantitative estimate of drug-likeness (QED) is 0.683. The molecule has 0 saturated carbocycles. The second-order valence-electron chi connectivity index (χ2n) is 8.82. The fourth-order valence-electron chi connectivity index (χ4n) is 4.68. The summed E-state index contributed by atoms with van der Waals surface area (Å²) in [6.07, 6.45) is 11.3. The van der Waals surface area contributed by atoms with Crippen molar-refractivity contribution >= 4 is 34.9 Å². The minimum Gasteiger partial charge on any atom is -0.376 e. The number of piperidine rings is 1. The first kappa shape index (κ1) is 21.6. The van der Waals surface area contributed by atoms with Crippen LogP contribution in [0.15, 0.2) is 6.07 Å². The third kappa shape index (κ3) is 5.72. The molecule has 0 spiro atoms. The second kappa shape index (κ2) is 10.6. The number of rotatable bonds is 5. The van der Waals surface area contributed by atoms with E-state index in [-0.39, 0.29) is 6.10 Å². The number of hydrogen-bond acceptors (Lipinski definition) is 6. The molecule has 0 bridgehead atoms. The summed E-state index contributed by atoms with van der Waals surface area (Å²) in [5.41, 5.74) is 0. The maximum absolute atomic E-state index is 5.68. The minimum atomic E-state index is 0.249. The van der Waals surface area contributed by atoms with Gasteiger partial charge in [0, 0.05) is 44.9 Å². The molecule has 4 rings (SSSR count). The van der Waals surface area contributed by atoms with Crippen molar-refractivity contribution in [2.45, 2.75) is 76.9 Å². The van der Waals surface area contributed by atoms with Crippen molar-refractivity contribution < 1.29 is 4.74 Å². The SMILES string of the molecule is C[C@H]1CCCCN1c1cc(N2CCCCCC2)nc(NC(=S)NC[C@H]2CCCO2)n1. The van der Waals surface area contributed by atoms with Crippen LogP contribution in [0.25, 0.3) is 0 Å². The van der Waals surface area contributed by atoms with Gasteiger partial charge in [-0.25, -0.2) is 0 Å². The highest BCUT2D eigenvalue weighted by Crippen LogP contribution is 2.28. The first-order chi connectivity index (χ1) is 14.7. The van der Waals surface area contributed by atoms with E-state index in [4.69, 9.17) is 26.9 Å². The van der Waals surface area contributed by atoms with E-state index >= 15 is 0 Å². The van der Waals surface area contributed by atoms with Gasteiger partial charge in [0.25, 0.3) is 0 Å². The first-order valence-corrected chi connectivity index (χ1v) is 12.2. The molecule has 0 unspecified atom stereocenters. The molecular formula is C22H36N6OS. The van der Waals surface area contributed by atoms with Crippen LogP contribution < -0.4 is 20.4 Å². The maximum Gasteiger partial charge on any atom is 0.232 e. The maximum atomic E-state index is 5.68. The second-order valence-corrected chi connectivity index (χ2v) is 9.23. The minimum absolute atomic E-state index is 0.249. The Labute approximate surface area is 186 Å². The van der Waals surface area contributed by atoms with E-state index in [1.54, 1.807) is 0 Å². The highest BCUT2D eigenvalue weighted by molar-refractivity contribution is 7.80. The normalized spacial score (nSPS) is 25.1. The summed E-state index contributed by atoms with van der Waals surface area (Å²) < 4.78 is 5.68. The van der Waals surface area contributed by atoms with Crippen molar-refractivity contribution in [1.29, 1.82) is 0 Å². The van der Waals surface area contributed by atoms with Gasteiger partial charge in [-0.3, -0.25) is 0 Å². The molecule has 3 aliphatic rings. The van der Waals surface area contributed by atoms with Gasteiger partial charge < -0.3 is 25.2 Å². The molecule has 2 atom stereocenters. The molecule has 1 aromatic rings. The highest BCUT2D eigenvalue weighted by Gasteiger charge is 2.23. The number of nitrogens with one attached hydrogen (secondary N) is 2. The van der Waals surface area contributed by atoms with Crippen LogP contribution in [-0.2, 0) is 4.74 Å². The molecular weight excluding hydrogens is 396 g/mol. The van der Waals surface area contributed by atoms with E-state index in [1.807, 2.05) is 0 Å². The molecule has 2 N–H and O–H groups in total. The molecule has 0 aliphatic carbocycles. The van der Waals surface area contributed by atoms with Crippen LogP contribution in [0.1, 0.15) is 64.7 Å².